The van der Waals surface area contributed by atoms with E-state index >= 15 is 0 Å². The Morgan fingerprint density at radius 2 is 2.04 bits per heavy atom. The Labute approximate surface area is 152 Å². The highest BCUT2D eigenvalue weighted by atomic mass is 32.2. The maximum absolute atomic E-state index is 12.7. The molecule has 1 atom stereocenters. The van der Waals surface area contributed by atoms with Gasteiger partial charge in [0.25, 0.3) is 0 Å². The Morgan fingerprint density at radius 1 is 1.28 bits per heavy atom. The molecule has 0 fully saturated rings. The first-order chi connectivity index (χ1) is 12.0. The van der Waals surface area contributed by atoms with Crippen LogP contribution in [-0.4, -0.2) is 43.8 Å². The summed E-state index contributed by atoms with van der Waals surface area (Å²) in [5.74, 6) is 0.967. The highest BCUT2D eigenvalue weighted by Gasteiger charge is 2.15. The number of hydrogen-bond donors (Lipinski definition) is 2. The van der Waals surface area contributed by atoms with Crippen molar-refractivity contribution in [1.82, 2.24) is 10.6 Å². The minimum Gasteiger partial charge on any atom is -0.490 e. The molecule has 8 heteroatoms. The van der Waals surface area contributed by atoms with Crippen molar-refractivity contribution in [3.8, 4) is 11.5 Å². The third-order valence-corrected chi connectivity index (χ3v) is 4.25. The molecule has 1 rings (SSSR count). The smallest absolute Gasteiger partial charge is 0.387 e. The minimum atomic E-state index is -2.92. The van der Waals surface area contributed by atoms with Crippen molar-refractivity contribution in [3.05, 3.63) is 23.8 Å². The molecule has 0 aliphatic carbocycles. The zero-order valence-corrected chi connectivity index (χ0v) is 16.0. The molecule has 0 radical (unpaired) electrons. The maximum Gasteiger partial charge on any atom is 0.387 e. The number of nitrogens with zero attached hydrogens (tertiary/aromatic N) is 1. The molecule has 5 nitrogen and oxygen atoms in total. The van der Waals surface area contributed by atoms with Crippen molar-refractivity contribution in [2.75, 3.05) is 26.0 Å². The zero-order valence-electron chi connectivity index (χ0n) is 15.1. The number of benzene rings is 1. The van der Waals surface area contributed by atoms with Crippen LogP contribution in [0.5, 0.6) is 11.5 Å². The van der Waals surface area contributed by atoms with Crippen molar-refractivity contribution in [2.45, 2.75) is 39.2 Å². The molecule has 1 aromatic carbocycles. The number of aliphatic imine (C=N–C) groups is 1. The summed E-state index contributed by atoms with van der Waals surface area (Å²) >= 11 is 1.75. The molecule has 2 N–H and O–H groups in total. The van der Waals surface area contributed by atoms with E-state index in [9.17, 15) is 8.78 Å². The van der Waals surface area contributed by atoms with E-state index < -0.39 is 6.61 Å². The lowest BCUT2D eigenvalue weighted by atomic mass is 10.2. The van der Waals surface area contributed by atoms with Gasteiger partial charge in [0.1, 0.15) is 0 Å². The molecule has 142 valence electrons. The van der Waals surface area contributed by atoms with E-state index in [4.69, 9.17) is 4.74 Å². The van der Waals surface area contributed by atoms with Crippen LogP contribution in [0.3, 0.4) is 0 Å². The van der Waals surface area contributed by atoms with Gasteiger partial charge in [0.2, 0.25) is 0 Å². The number of guanidine groups is 1. The van der Waals surface area contributed by atoms with Crippen LogP contribution in [0.15, 0.2) is 23.2 Å². The van der Waals surface area contributed by atoms with Gasteiger partial charge in [0, 0.05) is 23.9 Å². The van der Waals surface area contributed by atoms with Crippen LogP contribution in [0.1, 0.15) is 26.3 Å². The lowest BCUT2D eigenvalue weighted by Gasteiger charge is -2.16. The van der Waals surface area contributed by atoms with E-state index in [2.05, 4.69) is 27.3 Å². The molecule has 25 heavy (non-hydrogen) atoms. The Morgan fingerprint density at radius 3 is 2.64 bits per heavy atom. The average Bonchev–Trinajstić information content (AvgIpc) is 2.59. The van der Waals surface area contributed by atoms with Crippen molar-refractivity contribution < 1.29 is 18.3 Å². The fourth-order valence-electron chi connectivity index (χ4n) is 2.01. The fraction of sp³-hybridized carbons (Fsp3) is 0.588. The molecule has 1 unspecified atom stereocenters. The first-order valence-corrected chi connectivity index (χ1v) is 9.55. The second-order valence-corrected chi connectivity index (χ2v) is 6.45. The third kappa shape index (κ3) is 7.81. The molecule has 0 saturated carbocycles. The van der Waals surface area contributed by atoms with Gasteiger partial charge in [-0.25, -0.2) is 4.99 Å². The van der Waals surface area contributed by atoms with E-state index in [-0.39, 0.29) is 12.3 Å². The van der Waals surface area contributed by atoms with Gasteiger partial charge in [0.15, 0.2) is 17.5 Å². The van der Waals surface area contributed by atoms with E-state index in [0.717, 1.165) is 6.54 Å². The Balaban J connectivity index is 2.95. The van der Waals surface area contributed by atoms with Crippen molar-refractivity contribution in [3.63, 3.8) is 0 Å². The highest BCUT2D eigenvalue weighted by Crippen LogP contribution is 2.33. The van der Waals surface area contributed by atoms with Crippen molar-refractivity contribution in [2.24, 2.45) is 4.99 Å². The minimum absolute atomic E-state index is 0.0384. The second kappa shape index (κ2) is 11.8. The quantitative estimate of drug-likeness (QED) is 0.484. The molecular formula is C17H27F2N3O2S. The summed E-state index contributed by atoms with van der Waals surface area (Å²) in [7, 11) is 0. The summed E-state index contributed by atoms with van der Waals surface area (Å²) in [5, 5.41) is 6.81. The van der Waals surface area contributed by atoms with Gasteiger partial charge >= 0.3 is 6.61 Å². The molecule has 0 aromatic heterocycles. The Kier molecular flexibility index (Phi) is 10.1. The van der Waals surface area contributed by atoms with Gasteiger partial charge in [-0.3, -0.25) is 0 Å². The topological polar surface area (TPSA) is 54.9 Å². The molecule has 0 bridgehead atoms. The molecule has 0 spiro atoms. The lowest BCUT2D eigenvalue weighted by Crippen LogP contribution is -2.40. The number of hydrogen-bond acceptors (Lipinski definition) is 4. The highest BCUT2D eigenvalue weighted by molar-refractivity contribution is 7.99. The lowest BCUT2D eigenvalue weighted by molar-refractivity contribution is -0.0520. The largest absolute Gasteiger partial charge is 0.490 e. The third-order valence-electron chi connectivity index (χ3n) is 3.28. The monoisotopic (exact) mass is 375 g/mol. The number of alkyl halides is 2. The summed E-state index contributed by atoms with van der Waals surface area (Å²) in [6, 6.07) is 5.06. The molecule has 0 saturated heterocycles. The first-order valence-electron chi connectivity index (χ1n) is 8.26. The van der Waals surface area contributed by atoms with Gasteiger partial charge < -0.3 is 20.1 Å². The van der Waals surface area contributed by atoms with E-state index in [1.165, 1.54) is 0 Å². The normalized spacial score (nSPS) is 12.8. The molecular weight excluding hydrogens is 348 g/mol. The van der Waals surface area contributed by atoms with Crippen LogP contribution in [0.4, 0.5) is 8.78 Å². The first kappa shape index (κ1) is 21.3. The van der Waals surface area contributed by atoms with Crippen molar-refractivity contribution in [1.29, 1.82) is 0 Å². The standard InChI is InChI=1S/C17H27F2N3O2S/c1-5-20-17(21-10-12(3)25-4)22-11-13-8-7-9-14(23-6-2)15(13)24-16(18)19/h7-9,12,16H,5-6,10-11H2,1-4H3,(H2,20,21,22). The fourth-order valence-corrected chi connectivity index (χ4v) is 2.26. The van der Waals surface area contributed by atoms with E-state index in [1.54, 1.807) is 36.9 Å². The molecule has 0 aliphatic rings. The van der Waals surface area contributed by atoms with Crippen LogP contribution >= 0.6 is 11.8 Å². The average molecular weight is 375 g/mol. The summed E-state index contributed by atoms with van der Waals surface area (Å²) < 4.78 is 35.5. The van der Waals surface area contributed by atoms with Gasteiger partial charge in [0.05, 0.1) is 13.2 Å². The predicted octanol–water partition coefficient (Wildman–Crippen LogP) is 3.49. The maximum atomic E-state index is 12.7. The SMILES string of the molecule is CCNC(=NCc1cccc(OCC)c1OC(F)F)NCC(C)SC. The van der Waals surface area contributed by atoms with Crippen LogP contribution in [0, 0.1) is 0 Å². The van der Waals surface area contributed by atoms with Crippen molar-refractivity contribution >= 4 is 17.7 Å². The summed E-state index contributed by atoms with van der Waals surface area (Å²) in [6.07, 6.45) is 2.05. The number of thioether (sulfide) groups is 1. The van der Waals surface area contributed by atoms with Crippen LogP contribution in [-0.2, 0) is 6.54 Å². The van der Waals surface area contributed by atoms with E-state index in [0.29, 0.717) is 35.7 Å². The predicted molar refractivity (Wildman–Crippen MR) is 100 cm³/mol. The van der Waals surface area contributed by atoms with Gasteiger partial charge in [-0.05, 0) is 26.2 Å². The molecule has 0 aliphatic heterocycles. The molecule has 1 aromatic rings. The molecule has 0 heterocycles. The second-order valence-electron chi connectivity index (χ2n) is 5.18. The summed E-state index contributed by atoms with van der Waals surface area (Å²) in [4.78, 5) is 4.46. The van der Waals surface area contributed by atoms with Gasteiger partial charge in [-0.2, -0.15) is 20.5 Å². The van der Waals surface area contributed by atoms with Crippen LogP contribution in [0.2, 0.25) is 0 Å². The van der Waals surface area contributed by atoms with Gasteiger partial charge in [-0.15, -0.1) is 0 Å². The number of nitrogens with one attached hydrogen (secondary N) is 2. The summed E-state index contributed by atoms with van der Waals surface area (Å²) in [6.45, 7) is 4.98. The number of rotatable bonds is 10. The summed E-state index contributed by atoms with van der Waals surface area (Å²) in [5.41, 5.74) is 0.543. The number of halogens is 2. The zero-order chi connectivity index (χ0) is 18.7. The van der Waals surface area contributed by atoms with Crippen LogP contribution in [0.25, 0.3) is 0 Å². The Hall–Kier alpha value is -1.70. The van der Waals surface area contributed by atoms with Crippen LogP contribution < -0.4 is 20.1 Å². The Bertz CT molecular complexity index is 545. The van der Waals surface area contributed by atoms with E-state index in [1.807, 2.05) is 13.2 Å². The molecule has 0 amide bonds. The number of ether oxygens (including phenoxy) is 2. The number of para-hydroxylation sites is 1. The van der Waals surface area contributed by atoms with Gasteiger partial charge in [-0.1, -0.05) is 19.1 Å².